The molecular weight excluding hydrogens is 310 g/mol. The Morgan fingerprint density at radius 2 is 1.78 bits per heavy atom. The number of pyridine rings is 1. The molecule has 0 aliphatic carbocycles. The molecule has 116 valence electrons. The lowest BCUT2D eigenvalue weighted by molar-refractivity contribution is 0.0703. The quantitative estimate of drug-likeness (QED) is 0.780. The number of hydrogen-bond acceptors (Lipinski definition) is 3. The van der Waals surface area contributed by atoms with Gasteiger partial charge in [0.2, 0.25) is 0 Å². The highest BCUT2D eigenvalue weighted by Gasteiger charge is 2.26. The number of hydrogen-bond donors (Lipinski definition) is 1. The summed E-state index contributed by atoms with van der Waals surface area (Å²) in [6.45, 7) is 0.362. The fourth-order valence-corrected chi connectivity index (χ4v) is 2.47. The summed E-state index contributed by atoms with van der Waals surface area (Å²) in [6, 6.07) is 11.1. The molecule has 23 heavy (non-hydrogen) atoms. The van der Waals surface area contributed by atoms with Crippen LogP contribution in [-0.2, 0) is 12.1 Å². The van der Waals surface area contributed by atoms with Crippen molar-refractivity contribution in [2.24, 2.45) is 0 Å². The van der Waals surface area contributed by atoms with E-state index in [1.165, 1.54) is 0 Å². The minimum Gasteiger partial charge on any atom is -0.379 e. The van der Waals surface area contributed by atoms with Crippen molar-refractivity contribution < 1.29 is 5.11 Å². The third kappa shape index (κ3) is 3.86. The molecule has 0 radical (unpaired) electrons. The van der Waals surface area contributed by atoms with E-state index in [1.54, 1.807) is 31.0 Å². The van der Waals surface area contributed by atoms with Crippen LogP contribution in [0.4, 0.5) is 0 Å². The molecule has 0 spiro atoms. The summed E-state index contributed by atoms with van der Waals surface area (Å²) in [5.74, 6) is 0. The monoisotopic (exact) mass is 325 g/mol. The fraction of sp³-hybridized carbons (Fsp3) is 0.111. The van der Waals surface area contributed by atoms with E-state index in [1.807, 2.05) is 53.2 Å². The predicted octanol–water partition coefficient (Wildman–Crippen LogP) is 3.53. The first-order valence-corrected chi connectivity index (χ1v) is 7.57. The van der Waals surface area contributed by atoms with Gasteiger partial charge in [-0.2, -0.15) is 0 Å². The second-order valence-electron chi connectivity index (χ2n) is 5.28. The van der Waals surface area contributed by atoms with Crippen molar-refractivity contribution >= 4 is 17.7 Å². The Balaban J connectivity index is 1.93. The molecule has 0 bridgehead atoms. The van der Waals surface area contributed by atoms with Crippen molar-refractivity contribution in [3.05, 3.63) is 89.7 Å². The molecule has 1 atom stereocenters. The molecule has 2 heterocycles. The Labute approximate surface area is 139 Å². The van der Waals surface area contributed by atoms with Crippen LogP contribution >= 0.6 is 11.6 Å². The van der Waals surface area contributed by atoms with Crippen molar-refractivity contribution in [1.29, 1.82) is 0 Å². The first kappa shape index (κ1) is 15.5. The first-order chi connectivity index (χ1) is 11.2. The summed E-state index contributed by atoms with van der Waals surface area (Å²) in [7, 11) is 0. The highest BCUT2D eigenvalue weighted by atomic mass is 35.5. The average molecular weight is 326 g/mol. The van der Waals surface area contributed by atoms with Gasteiger partial charge in [0, 0.05) is 29.8 Å². The molecule has 3 aromatic rings. The van der Waals surface area contributed by atoms with Gasteiger partial charge >= 0.3 is 0 Å². The standard InChI is InChI=1S/C18H16ClN3O/c19-17-3-1-15(2-4-17)5-8-18(23,13-22-12-11-21-14-22)16-6-9-20-10-7-16/h1-12,14,23H,13H2/b8-5-/t18-/m0/s1. The minimum atomic E-state index is -1.16. The second-order valence-corrected chi connectivity index (χ2v) is 5.72. The van der Waals surface area contributed by atoms with E-state index >= 15 is 0 Å². The van der Waals surface area contributed by atoms with E-state index < -0.39 is 5.60 Å². The van der Waals surface area contributed by atoms with E-state index in [4.69, 9.17) is 11.6 Å². The Morgan fingerprint density at radius 3 is 2.43 bits per heavy atom. The van der Waals surface area contributed by atoms with E-state index in [9.17, 15) is 5.11 Å². The summed E-state index contributed by atoms with van der Waals surface area (Å²) in [6.07, 6.45) is 12.2. The summed E-state index contributed by atoms with van der Waals surface area (Å²) < 4.78 is 1.84. The summed E-state index contributed by atoms with van der Waals surface area (Å²) in [5, 5.41) is 11.9. The van der Waals surface area contributed by atoms with Gasteiger partial charge in [0.15, 0.2) is 0 Å². The van der Waals surface area contributed by atoms with Crippen molar-refractivity contribution in [2.45, 2.75) is 12.1 Å². The van der Waals surface area contributed by atoms with E-state index in [2.05, 4.69) is 9.97 Å². The number of halogens is 1. The van der Waals surface area contributed by atoms with Crippen LogP contribution in [-0.4, -0.2) is 19.6 Å². The molecule has 1 aromatic carbocycles. The molecule has 0 aliphatic rings. The van der Waals surface area contributed by atoms with Crippen LogP contribution in [0, 0.1) is 0 Å². The van der Waals surface area contributed by atoms with E-state index in [0.717, 1.165) is 11.1 Å². The maximum Gasteiger partial charge on any atom is 0.126 e. The zero-order valence-electron chi connectivity index (χ0n) is 12.4. The molecular formula is C18H16ClN3O. The maximum atomic E-state index is 11.2. The smallest absolute Gasteiger partial charge is 0.126 e. The van der Waals surface area contributed by atoms with E-state index in [-0.39, 0.29) is 0 Å². The van der Waals surface area contributed by atoms with Crippen LogP contribution in [0.25, 0.3) is 6.08 Å². The second kappa shape index (κ2) is 6.77. The van der Waals surface area contributed by atoms with Gasteiger partial charge in [-0.25, -0.2) is 4.98 Å². The Morgan fingerprint density at radius 1 is 1.04 bits per heavy atom. The number of aromatic nitrogens is 3. The highest BCUT2D eigenvalue weighted by Crippen LogP contribution is 2.26. The predicted molar refractivity (Wildman–Crippen MR) is 90.8 cm³/mol. The van der Waals surface area contributed by atoms with Gasteiger partial charge in [-0.3, -0.25) is 4.98 Å². The van der Waals surface area contributed by atoms with Gasteiger partial charge in [-0.05, 0) is 41.5 Å². The number of imidazole rings is 1. The fourth-order valence-electron chi connectivity index (χ4n) is 2.35. The van der Waals surface area contributed by atoms with Gasteiger partial charge in [-0.1, -0.05) is 29.8 Å². The highest BCUT2D eigenvalue weighted by molar-refractivity contribution is 6.30. The molecule has 0 unspecified atom stereocenters. The SMILES string of the molecule is O[C@@](/C=C\c1ccc(Cl)cc1)(Cn1ccnc1)c1ccncc1. The van der Waals surface area contributed by atoms with Crippen LogP contribution in [0.1, 0.15) is 11.1 Å². The van der Waals surface area contributed by atoms with Crippen molar-refractivity contribution in [1.82, 2.24) is 14.5 Å². The van der Waals surface area contributed by atoms with Gasteiger partial charge in [-0.15, -0.1) is 0 Å². The topological polar surface area (TPSA) is 50.9 Å². The zero-order chi connectivity index (χ0) is 16.1. The lowest BCUT2D eigenvalue weighted by atomic mass is 9.93. The summed E-state index contributed by atoms with van der Waals surface area (Å²) >= 11 is 5.90. The number of aliphatic hydroxyl groups is 1. The molecule has 1 N–H and O–H groups in total. The van der Waals surface area contributed by atoms with Crippen molar-refractivity contribution in [2.75, 3.05) is 0 Å². The molecule has 4 nitrogen and oxygen atoms in total. The average Bonchev–Trinajstić information content (AvgIpc) is 3.08. The van der Waals surface area contributed by atoms with Crippen LogP contribution in [0.2, 0.25) is 5.02 Å². The Bertz CT molecular complexity index is 770. The molecule has 0 saturated carbocycles. The van der Waals surface area contributed by atoms with E-state index in [0.29, 0.717) is 11.6 Å². The van der Waals surface area contributed by atoms with Crippen LogP contribution in [0.15, 0.2) is 73.6 Å². The first-order valence-electron chi connectivity index (χ1n) is 7.19. The number of nitrogens with zero attached hydrogens (tertiary/aromatic N) is 3. The Hall–Kier alpha value is -2.43. The maximum absolute atomic E-state index is 11.2. The number of rotatable bonds is 5. The van der Waals surface area contributed by atoms with Gasteiger partial charge in [0.25, 0.3) is 0 Å². The number of benzene rings is 1. The van der Waals surface area contributed by atoms with Crippen LogP contribution in [0.3, 0.4) is 0 Å². The van der Waals surface area contributed by atoms with Crippen molar-refractivity contribution in [3.8, 4) is 0 Å². The largest absolute Gasteiger partial charge is 0.379 e. The Kier molecular flexibility index (Phi) is 4.55. The summed E-state index contributed by atoms with van der Waals surface area (Å²) in [4.78, 5) is 8.04. The molecule has 5 heteroatoms. The van der Waals surface area contributed by atoms with Crippen LogP contribution in [0.5, 0.6) is 0 Å². The van der Waals surface area contributed by atoms with Gasteiger partial charge in [0.05, 0.1) is 12.9 Å². The van der Waals surface area contributed by atoms with Crippen molar-refractivity contribution in [3.63, 3.8) is 0 Å². The lowest BCUT2D eigenvalue weighted by Crippen LogP contribution is -2.28. The molecule has 0 fully saturated rings. The van der Waals surface area contributed by atoms with Gasteiger partial charge in [0.1, 0.15) is 5.60 Å². The third-order valence-electron chi connectivity index (χ3n) is 3.58. The lowest BCUT2D eigenvalue weighted by Gasteiger charge is -2.25. The molecule has 2 aromatic heterocycles. The van der Waals surface area contributed by atoms with Crippen LogP contribution < -0.4 is 0 Å². The van der Waals surface area contributed by atoms with Gasteiger partial charge < -0.3 is 9.67 Å². The minimum absolute atomic E-state index is 0.362. The normalized spacial score (nSPS) is 14.0. The molecule has 3 rings (SSSR count). The zero-order valence-corrected chi connectivity index (χ0v) is 13.1. The summed E-state index contributed by atoms with van der Waals surface area (Å²) in [5.41, 5.74) is 0.572. The third-order valence-corrected chi connectivity index (χ3v) is 3.84. The molecule has 0 amide bonds. The molecule has 0 aliphatic heterocycles. The molecule has 0 saturated heterocycles.